The minimum Gasteiger partial charge on any atom is -0.315 e. The smallest absolute Gasteiger partial charge is 0.170 e. The third-order valence-corrected chi connectivity index (χ3v) is 2.04. The molecular weight excluding hydrogens is 150 g/mol. The minimum absolute atomic E-state index is 0.551. The van der Waals surface area contributed by atoms with E-state index in [-0.39, 0.29) is 0 Å². The van der Waals surface area contributed by atoms with Crippen LogP contribution in [0.3, 0.4) is 0 Å². The van der Waals surface area contributed by atoms with E-state index in [1.165, 1.54) is 0 Å². The van der Waals surface area contributed by atoms with Gasteiger partial charge in [-0.2, -0.15) is 0 Å². The highest BCUT2D eigenvalue weighted by Gasteiger charge is 2.08. The van der Waals surface area contributed by atoms with Crippen molar-refractivity contribution >= 4 is 11.1 Å². The average molecular weight is 165 g/mol. The summed E-state index contributed by atoms with van der Waals surface area (Å²) >= 11 is -1.85. The molecule has 0 fully saturated rings. The zero-order chi connectivity index (χ0) is 8.15. The van der Waals surface area contributed by atoms with Gasteiger partial charge in [-0.3, -0.25) is 0 Å². The van der Waals surface area contributed by atoms with Gasteiger partial charge in [0, 0.05) is 0 Å². The Hall–Kier alpha value is 0.0700. The Kier molecular flexibility index (Phi) is 4.85. The summed E-state index contributed by atoms with van der Waals surface area (Å²) in [5.74, 6) is 0.551. The second-order valence-corrected chi connectivity index (χ2v) is 3.94. The number of hydrogen-bond donors (Lipinski definition) is 2. The van der Waals surface area contributed by atoms with Crippen LogP contribution in [0.5, 0.6) is 0 Å². The molecule has 4 heteroatoms. The van der Waals surface area contributed by atoms with E-state index in [1.807, 2.05) is 0 Å². The summed E-state index contributed by atoms with van der Waals surface area (Å²) in [6.45, 7) is 4.13. The summed E-state index contributed by atoms with van der Waals surface area (Å²) in [4.78, 5) is 0. The van der Waals surface area contributed by atoms with Gasteiger partial charge >= 0.3 is 0 Å². The summed E-state index contributed by atoms with van der Waals surface area (Å²) in [6.07, 6.45) is 1.54. The SMILES string of the molecule is CC(C)CCC(N)S(=O)O. The van der Waals surface area contributed by atoms with Crippen molar-refractivity contribution < 1.29 is 8.76 Å². The third kappa shape index (κ3) is 4.90. The minimum atomic E-state index is -1.85. The van der Waals surface area contributed by atoms with Gasteiger partial charge in [-0.1, -0.05) is 13.8 Å². The van der Waals surface area contributed by atoms with Crippen LogP contribution in [0.4, 0.5) is 0 Å². The van der Waals surface area contributed by atoms with E-state index in [9.17, 15) is 4.21 Å². The monoisotopic (exact) mass is 165 g/mol. The van der Waals surface area contributed by atoms with Crippen molar-refractivity contribution in [3.8, 4) is 0 Å². The van der Waals surface area contributed by atoms with E-state index in [1.54, 1.807) is 0 Å². The first-order valence-corrected chi connectivity index (χ1v) is 4.56. The molecule has 2 atom stereocenters. The van der Waals surface area contributed by atoms with Crippen LogP contribution < -0.4 is 5.73 Å². The van der Waals surface area contributed by atoms with E-state index >= 15 is 0 Å². The zero-order valence-corrected chi connectivity index (χ0v) is 7.23. The van der Waals surface area contributed by atoms with Crippen molar-refractivity contribution in [2.24, 2.45) is 11.7 Å². The molecule has 0 bridgehead atoms. The summed E-state index contributed by atoms with van der Waals surface area (Å²) < 4.78 is 18.8. The van der Waals surface area contributed by atoms with Crippen LogP contribution in [0.1, 0.15) is 26.7 Å². The van der Waals surface area contributed by atoms with E-state index in [4.69, 9.17) is 10.3 Å². The van der Waals surface area contributed by atoms with Crippen molar-refractivity contribution in [2.45, 2.75) is 32.1 Å². The Bertz CT molecular complexity index is 116. The number of nitrogens with two attached hydrogens (primary N) is 1. The predicted molar refractivity (Wildman–Crippen MR) is 42.8 cm³/mol. The highest BCUT2D eigenvalue weighted by molar-refractivity contribution is 7.79. The van der Waals surface area contributed by atoms with E-state index in [0.717, 1.165) is 6.42 Å². The van der Waals surface area contributed by atoms with Crippen LogP contribution in [0.15, 0.2) is 0 Å². The Morgan fingerprint density at radius 1 is 1.50 bits per heavy atom. The first-order chi connectivity index (χ1) is 4.54. The maximum atomic E-state index is 10.3. The Labute approximate surface area is 64.3 Å². The first kappa shape index (κ1) is 10.1. The van der Waals surface area contributed by atoms with Crippen molar-refractivity contribution in [1.29, 1.82) is 0 Å². The van der Waals surface area contributed by atoms with Crippen molar-refractivity contribution in [1.82, 2.24) is 0 Å². The molecule has 10 heavy (non-hydrogen) atoms. The highest BCUT2D eigenvalue weighted by Crippen LogP contribution is 2.06. The molecule has 0 heterocycles. The van der Waals surface area contributed by atoms with Crippen LogP contribution in [0, 0.1) is 5.92 Å². The van der Waals surface area contributed by atoms with Gasteiger partial charge in [-0.05, 0) is 18.8 Å². The molecule has 62 valence electrons. The van der Waals surface area contributed by atoms with Crippen LogP contribution in [0.25, 0.3) is 0 Å². The molecule has 0 spiro atoms. The summed E-state index contributed by atoms with van der Waals surface area (Å²) in [5.41, 5.74) is 5.31. The molecule has 0 saturated heterocycles. The largest absolute Gasteiger partial charge is 0.315 e. The lowest BCUT2D eigenvalue weighted by atomic mass is 10.1. The van der Waals surface area contributed by atoms with Crippen LogP contribution in [-0.4, -0.2) is 14.1 Å². The average Bonchev–Trinajstić information content (AvgIpc) is 1.82. The Morgan fingerprint density at radius 2 is 2.00 bits per heavy atom. The maximum absolute atomic E-state index is 10.3. The second-order valence-electron chi connectivity index (χ2n) is 2.79. The van der Waals surface area contributed by atoms with Gasteiger partial charge in [0.15, 0.2) is 11.1 Å². The third-order valence-electron chi connectivity index (χ3n) is 1.29. The van der Waals surface area contributed by atoms with Gasteiger partial charge < -0.3 is 10.3 Å². The molecule has 0 radical (unpaired) electrons. The van der Waals surface area contributed by atoms with Crippen LogP contribution >= 0.6 is 0 Å². The molecule has 0 amide bonds. The first-order valence-electron chi connectivity index (χ1n) is 3.39. The predicted octanol–water partition coefficient (Wildman–Crippen LogP) is 0.929. The van der Waals surface area contributed by atoms with Gasteiger partial charge in [0.25, 0.3) is 0 Å². The van der Waals surface area contributed by atoms with Gasteiger partial charge in [-0.15, -0.1) is 0 Å². The fourth-order valence-electron chi connectivity index (χ4n) is 0.598. The molecule has 3 nitrogen and oxygen atoms in total. The molecular formula is C6H15NO2S. The summed E-state index contributed by atoms with van der Waals surface area (Å²) in [7, 11) is 0. The van der Waals surface area contributed by atoms with E-state index in [0.29, 0.717) is 12.3 Å². The molecule has 0 aliphatic carbocycles. The molecule has 0 rings (SSSR count). The molecule has 0 aromatic heterocycles. The fourth-order valence-corrected chi connectivity index (χ4v) is 0.936. The molecule has 0 aromatic rings. The van der Waals surface area contributed by atoms with E-state index < -0.39 is 16.5 Å². The van der Waals surface area contributed by atoms with Crippen molar-refractivity contribution in [3.05, 3.63) is 0 Å². The number of rotatable bonds is 4. The van der Waals surface area contributed by atoms with Crippen molar-refractivity contribution in [2.75, 3.05) is 0 Å². The molecule has 0 aliphatic heterocycles. The lowest BCUT2D eigenvalue weighted by molar-refractivity contribution is 0.509. The fraction of sp³-hybridized carbons (Fsp3) is 1.00. The van der Waals surface area contributed by atoms with E-state index in [2.05, 4.69) is 13.8 Å². The zero-order valence-electron chi connectivity index (χ0n) is 6.41. The Morgan fingerprint density at radius 3 is 2.30 bits per heavy atom. The van der Waals surface area contributed by atoms with Crippen LogP contribution in [-0.2, 0) is 11.1 Å². The standard InChI is InChI=1S/C6H15NO2S/c1-5(2)3-4-6(7)10(8)9/h5-6H,3-4,7H2,1-2H3,(H,8,9). The molecule has 2 unspecified atom stereocenters. The molecule has 0 saturated carbocycles. The van der Waals surface area contributed by atoms with Gasteiger partial charge in [0.1, 0.15) is 5.37 Å². The summed E-state index contributed by atoms with van der Waals surface area (Å²) in [6, 6.07) is 0. The topological polar surface area (TPSA) is 63.3 Å². The quantitative estimate of drug-likeness (QED) is 0.609. The number of hydrogen-bond acceptors (Lipinski definition) is 2. The molecule has 0 aromatic carbocycles. The lowest BCUT2D eigenvalue weighted by Crippen LogP contribution is -2.25. The van der Waals surface area contributed by atoms with Crippen molar-refractivity contribution in [3.63, 3.8) is 0 Å². The van der Waals surface area contributed by atoms with Crippen LogP contribution in [0.2, 0.25) is 0 Å². The maximum Gasteiger partial charge on any atom is 0.170 e. The highest BCUT2D eigenvalue weighted by atomic mass is 32.2. The molecule has 3 N–H and O–H groups in total. The molecule has 0 aliphatic rings. The Balaban J connectivity index is 3.40. The normalized spacial score (nSPS) is 17.3. The lowest BCUT2D eigenvalue weighted by Gasteiger charge is -2.07. The second kappa shape index (κ2) is 4.82. The van der Waals surface area contributed by atoms with Gasteiger partial charge in [0.05, 0.1) is 0 Å². The van der Waals surface area contributed by atoms with Gasteiger partial charge in [-0.25, -0.2) is 4.21 Å². The summed E-state index contributed by atoms with van der Waals surface area (Å²) in [5, 5.41) is -0.567. The van der Waals surface area contributed by atoms with Gasteiger partial charge in [0.2, 0.25) is 0 Å².